The van der Waals surface area contributed by atoms with Crippen molar-refractivity contribution < 1.29 is 9.59 Å². The number of rotatable bonds is 5. The molecule has 0 aliphatic carbocycles. The number of carbonyl (C=O) groups is 2. The zero-order chi connectivity index (χ0) is 12.7. The molecule has 0 fully saturated rings. The molecule has 1 aromatic carbocycles. The van der Waals surface area contributed by atoms with Crippen molar-refractivity contribution in [2.45, 2.75) is 20.3 Å². The molecule has 3 nitrogen and oxygen atoms in total. The average Bonchev–Trinajstić information content (AvgIpc) is 2.28. The predicted molar refractivity (Wildman–Crippen MR) is 68.8 cm³/mol. The molecular weight excluding hydrogens is 214 g/mol. The normalized spacial score (nSPS) is 10.5. The van der Waals surface area contributed by atoms with Crippen molar-refractivity contribution in [1.29, 1.82) is 0 Å². The topological polar surface area (TPSA) is 46.2 Å². The summed E-state index contributed by atoms with van der Waals surface area (Å²) in [7, 11) is 0. The van der Waals surface area contributed by atoms with Gasteiger partial charge in [-0.3, -0.25) is 9.59 Å². The quantitative estimate of drug-likeness (QED) is 0.625. The number of benzene rings is 1. The van der Waals surface area contributed by atoms with Gasteiger partial charge in [0.05, 0.1) is 0 Å². The summed E-state index contributed by atoms with van der Waals surface area (Å²) in [6.45, 7) is 3.69. The van der Waals surface area contributed by atoms with Crippen LogP contribution in [0.25, 0.3) is 6.08 Å². The summed E-state index contributed by atoms with van der Waals surface area (Å²) in [5.41, 5.74) is 1.72. The number of hydrogen-bond donors (Lipinski definition) is 1. The summed E-state index contributed by atoms with van der Waals surface area (Å²) in [6.07, 6.45) is 4.72. The third-order valence-corrected chi connectivity index (χ3v) is 2.29. The standard InChI is InChI=1S/C14H17NO2/c1-11(16)14-8-5-7-13(10-14)6-3-4-9-15-12(2)17/h3,5-8,10H,4,9H2,1-2H3,(H,15,17). The minimum atomic E-state index is -0.0167. The van der Waals surface area contributed by atoms with Crippen LogP contribution in [0.2, 0.25) is 0 Å². The molecule has 0 aliphatic heterocycles. The summed E-state index contributed by atoms with van der Waals surface area (Å²) < 4.78 is 0. The number of ketones is 1. The van der Waals surface area contributed by atoms with Crippen molar-refractivity contribution in [3.63, 3.8) is 0 Å². The zero-order valence-electron chi connectivity index (χ0n) is 10.2. The van der Waals surface area contributed by atoms with Gasteiger partial charge in [0.1, 0.15) is 0 Å². The van der Waals surface area contributed by atoms with Gasteiger partial charge in [-0.2, -0.15) is 0 Å². The molecular formula is C14H17NO2. The maximum absolute atomic E-state index is 11.2. The van der Waals surface area contributed by atoms with E-state index in [0.29, 0.717) is 12.1 Å². The number of Topliss-reactive ketones (excluding diaryl/α,β-unsaturated/α-hetero) is 1. The van der Waals surface area contributed by atoms with E-state index in [0.717, 1.165) is 12.0 Å². The van der Waals surface area contributed by atoms with E-state index in [1.807, 2.05) is 30.4 Å². The molecule has 0 aliphatic rings. The van der Waals surface area contributed by atoms with E-state index in [1.165, 1.54) is 6.92 Å². The lowest BCUT2D eigenvalue weighted by atomic mass is 10.1. The van der Waals surface area contributed by atoms with E-state index in [1.54, 1.807) is 13.0 Å². The van der Waals surface area contributed by atoms with Gasteiger partial charge >= 0.3 is 0 Å². The van der Waals surface area contributed by atoms with E-state index < -0.39 is 0 Å². The van der Waals surface area contributed by atoms with E-state index in [2.05, 4.69) is 5.32 Å². The van der Waals surface area contributed by atoms with Crippen LogP contribution < -0.4 is 5.32 Å². The first-order valence-corrected chi connectivity index (χ1v) is 5.61. The molecule has 0 bridgehead atoms. The van der Waals surface area contributed by atoms with Gasteiger partial charge in [0.2, 0.25) is 5.91 Å². The highest BCUT2D eigenvalue weighted by atomic mass is 16.1. The molecule has 0 saturated heterocycles. The monoisotopic (exact) mass is 231 g/mol. The van der Waals surface area contributed by atoms with E-state index in [9.17, 15) is 9.59 Å². The second kappa shape index (κ2) is 6.63. The highest BCUT2D eigenvalue weighted by Gasteiger charge is 1.97. The fourth-order valence-electron chi connectivity index (χ4n) is 1.41. The predicted octanol–water partition coefficient (Wildman–Crippen LogP) is 2.43. The summed E-state index contributed by atoms with van der Waals surface area (Å²) in [4.78, 5) is 21.8. The molecule has 0 spiro atoms. The number of hydrogen-bond acceptors (Lipinski definition) is 2. The SMILES string of the molecule is CC(=O)NCCC=Cc1cccc(C(C)=O)c1. The second-order valence-corrected chi connectivity index (χ2v) is 3.86. The Morgan fingerprint density at radius 3 is 2.71 bits per heavy atom. The van der Waals surface area contributed by atoms with Crippen LogP contribution in [-0.4, -0.2) is 18.2 Å². The van der Waals surface area contributed by atoms with Crippen LogP contribution in [0.5, 0.6) is 0 Å². The van der Waals surface area contributed by atoms with Gasteiger partial charge in [0.15, 0.2) is 5.78 Å². The van der Waals surface area contributed by atoms with Crippen LogP contribution in [0.4, 0.5) is 0 Å². The van der Waals surface area contributed by atoms with Gasteiger partial charge in [-0.1, -0.05) is 30.4 Å². The fourth-order valence-corrected chi connectivity index (χ4v) is 1.41. The highest BCUT2D eigenvalue weighted by Crippen LogP contribution is 2.08. The van der Waals surface area contributed by atoms with Crippen LogP contribution >= 0.6 is 0 Å². The Morgan fingerprint density at radius 1 is 1.29 bits per heavy atom. The molecule has 0 aromatic heterocycles. The molecule has 17 heavy (non-hydrogen) atoms. The number of nitrogens with one attached hydrogen (secondary N) is 1. The smallest absolute Gasteiger partial charge is 0.216 e. The van der Waals surface area contributed by atoms with E-state index in [-0.39, 0.29) is 11.7 Å². The van der Waals surface area contributed by atoms with Crippen molar-refractivity contribution in [3.05, 3.63) is 41.5 Å². The zero-order valence-corrected chi connectivity index (χ0v) is 10.2. The van der Waals surface area contributed by atoms with Gasteiger partial charge in [-0.05, 0) is 25.0 Å². The lowest BCUT2D eigenvalue weighted by molar-refractivity contribution is -0.118. The second-order valence-electron chi connectivity index (χ2n) is 3.86. The molecule has 0 radical (unpaired) electrons. The Bertz CT molecular complexity index is 436. The molecule has 1 N–H and O–H groups in total. The van der Waals surface area contributed by atoms with Crippen molar-refractivity contribution in [2.24, 2.45) is 0 Å². The minimum Gasteiger partial charge on any atom is -0.356 e. The van der Waals surface area contributed by atoms with Gasteiger partial charge in [-0.15, -0.1) is 0 Å². The Morgan fingerprint density at radius 2 is 2.06 bits per heavy atom. The average molecular weight is 231 g/mol. The summed E-state index contributed by atoms with van der Waals surface area (Å²) in [5, 5.41) is 2.72. The summed E-state index contributed by atoms with van der Waals surface area (Å²) in [6, 6.07) is 7.47. The Kier molecular flexibility index (Phi) is 5.14. The van der Waals surface area contributed by atoms with Crippen molar-refractivity contribution in [1.82, 2.24) is 5.32 Å². The largest absolute Gasteiger partial charge is 0.356 e. The first-order valence-electron chi connectivity index (χ1n) is 5.61. The van der Waals surface area contributed by atoms with Crippen LogP contribution in [0.1, 0.15) is 36.2 Å². The van der Waals surface area contributed by atoms with Crippen LogP contribution in [0.3, 0.4) is 0 Å². The van der Waals surface area contributed by atoms with Crippen LogP contribution in [0.15, 0.2) is 30.3 Å². The Balaban J connectivity index is 2.50. The molecule has 0 heterocycles. The molecule has 1 rings (SSSR count). The Labute approximate surface area is 102 Å². The van der Waals surface area contributed by atoms with E-state index in [4.69, 9.17) is 0 Å². The molecule has 1 amide bonds. The van der Waals surface area contributed by atoms with Crippen LogP contribution in [-0.2, 0) is 4.79 Å². The number of amides is 1. The molecule has 0 saturated carbocycles. The first-order chi connectivity index (χ1) is 8.09. The lowest BCUT2D eigenvalue weighted by Crippen LogP contribution is -2.20. The molecule has 0 unspecified atom stereocenters. The van der Waals surface area contributed by atoms with Crippen molar-refractivity contribution in [3.8, 4) is 0 Å². The van der Waals surface area contributed by atoms with Crippen molar-refractivity contribution in [2.75, 3.05) is 6.54 Å². The summed E-state index contributed by atoms with van der Waals surface area (Å²) >= 11 is 0. The van der Waals surface area contributed by atoms with Gasteiger partial charge < -0.3 is 5.32 Å². The number of carbonyl (C=O) groups excluding carboxylic acids is 2. The van der Waals surface area contributed by atoms with Gasteiger partial charge in [0, 0.05) is 19.0 Å². The van der Waals surface area contributed by atoms with E-state index >= 15 is 0 Å². The maximum atomic E-state index is 11.2. The molecule has 0 atom stereocenters. The van der Waals surface area contributed by atoms with Crippen molar-refractivity contribution >= 4 is 17.8 Å². The lowest BCUT2D eigenvalue weighted by Gasteiger charge is -1.99. The van der Waals surface area contributed by atoms with Gasteiger partial charge in [0.25, 0.3) is 0 Å². The fraction of sp³-hybridized carbons (Fsp3) is 0.286. The third kappa shape index (κ3) is 5.11. The molecule has 3 heteroatoms. The molecule has 90 valence electrons. The Hall–Kier alpha value is -1.90. The molecule has 1 aromatic rings. The maximum Gasteiger partial charge on any atom is 0.216 e. The van der Waals surface area contributed by atoms with Crippen LogP contribution in [0, 0.1) is 0 Å². The summed E-state index contributed by atoms with van der Waals surface area (Å²) in [5.74, 6) is 0.0514. The minimum absolute atomic E-state index is 0.0167. The highest BCUT2D eigenvalue weighted by molar-refractivity contribution is 5.94. The van der Waals surface area contributed by atoms with Gasteiger partial charge in [-0.25, -0.2) is 0 Å². The third-order valence-electron chi connectivity index (χ3n) is 2.29. The first kappa shape index (κ1) is 13.2.